The van der Waals surface area contributed by atoms with Crippen LogP contribution in [0.3, 0.4) is 0 Å². The molecule has 0 saturated carbocycles. The molecule has 0 aliphatic carbocycles. The first kappa shape index (κ1) is 15.1. The van der Waals surface area contributed by atoms with Crippen LogP contribution in [0, 0.1) is 0 Å². The van der Waals surface area contributed by atoms with E-state index in [2.05, 4.69) is 15.3 Å². The van der Waals surface area contributed by atoms with E-state index in [0.717, 1.165) is 4.90 Å². The summed E-state index contributed by atoms with van der Waals surface area (Å²) in [5, 5.41) is 23.9. The number of carbonyl (C=O) groups is 2. The van der Waals surface area contributed by atoms with Gasteiger partial charge in [-0.25, -0.2) is 9.98 Å². The Morgan fingerprint density at radius 1 is 1.21 bits per heavy atom. The van der Waals surface area contributed by atoms with Crippen molar-refractivity contribution >= 4 is 23.7 Å². The number of likely N-dealkylation sites (tertiary alicyclic amines) is 1. The molecule has 24 heavy (non-hydrogen) atoms. The van der Waals surface area contributed by atoms with Gasteiger partial charge in [0.25, 0.3) is 0 Å². The van der Waals surface area contributed by atoms with Crippen molar-refractivity contribution in [2.75, 3.05) is 13.1 Å². The summed E-state index contributed by atoms with van der Waals surface area (Å²) in [5.74, 6) is -2.57. The lowest BCUT2D eigenvalue weighted by atomic mass is 9.86. The average Bonchev–Trinajstić information content (AvgIpc) is 3.10. The molecule has 0 aromatic carbocycles. The van der Waals surface area contributed by atoms with E-state index in [9.17, 15) is 19.8 Å². The highest BCUT2D eigenvalue weighted by Gasteiger charge is 2.69. The van der Waals surface area contributed by atoms with E-state index in [4.69, 9.17) is 11.5 Å². The molecule has 7 N–H and O–H groups in total. The largest absolute Gasteiger partial charge is 0.370 e. The highest BCUT2D eigenvalue weighted by molar-refractivity contribution is 6.02. The Kier molecular flexibility index (Phi) is 2.89. The fraction of sp³-hybridized carbons (Fsp3) is 0.692. The van der Waals surface area contributed by atoms with Crippen molar-refractivity contribution < 1.29 is 19.8 Å². The second-order valence-electron chi connectivity index (χ2n) is 6.52. The summed E-state index contributed by atoms with van der Waals surface area (Å²) in [6.07, 6.45) is 0.365. The number of aliphatic hydroxyl groups is 2. The Morgan fingerprint density at radius 2 is 1.88 bits per heavy atom. The highest BCUT2D eigenvalue weighted by Crippen LogP contribution is 2.44. The molecule has 1 spiro atoms. The van der Waals surface area contributed by atoms with Gasteiger partial charge >= 0.3 is 0 Å². The second kappa shape index (κ2) is 4.57. The van der Waals surface area contributed by atoms with E-state index in [-0.39, 0.29) is 56.1 Å². The maximum absolute atomic E-state index is 11.9. The number of carbonyl (C=O) groups excluding carboxylic acids is 2. The normalized spacial score (nSPS) is 37.1. The second-order valence-corrected chi connectivity index (χ2v) is 6.52. The first-order valence-electron chi connectivity index (χ1n) is 7.76. The van der Waals surface area contributed by atoms with Crippen molar-refractivity contribution in [2.24, 2.45) is 21.5 Å². The minimum atomic E-state index is -2.14. The van der Waals surface area contributed by atoms with Crippen molar-refractivity contribution in [1.82, 2.24) is 15.1 Å². The molecule has 4 heterocycles. The molecule has 0 aromatic rings. The predicted molar refractivity (Wildman–Crippen MR) is 81.1 cm³/mol. The van der Waals surface area contributed by atoms with Gasteiger partial charge in [0.05, 0.1) is 12.6 Å². The highest BCUT2D eigenvalue weighted by atomic mass is 16.5. The summed E-state index contributed by atoms with van der Waals surface area (Å²) in [4.78, 5) is 35.0. The average molecular weight is 337 g/mol. The van der Waals surface area contributed by atoms with Crippen LogP contribution in [0.4, 0.5) is 0 Å². The van der Waals surface area contributed by atoms with Crippen molar-refractivity contribution in [3.8, 4) is 0 Å². The zero-order valence-electron chi connectivity index (χ0n) is 12.8. The van der Waals surface area contributed by atoms with Crippen LogP contribution in [0.5, 0.6) is 0 Å². The smallest absolute Gasteiger partial charge is 0.229 e. The Hall–Kier alpha value is -2.40. The molecular formula is C13H19N7O4. The fourth-order valence-corrected chi connectivity index (χ4v) is 4.08. The van der Waals surface area contributed by atoms with Gasteiger partial charge in [-0.1, -0.05) is 0 Å². The molecule has 4 aliphatic rings. The minimum absolute atomic E-state index is 0.0207. The van der Waals surface area contributed by atoms with E-state index in [1.54, 1.807) is 0 Å². The third kappa shape index (κ3) is 1.73. The van der Waals surface area contributed by atoms with Gasteiger partial charge in [-0.15, -0.1) is 0 Å². The lowest BCUT2D eigenvalue weighted by Crippen LogP contribution is -2.76. The van der Waals surface area contributed by atoms with Gasteiger partial charge in [-0.05, 0) is 0 Å². The van der Waals surface area contributed by atoms with Gasteiger partial charge in [0.1, 0.15) is 6.04 Å². The molecule has 2 amide bonds. The fourth-order valence-electron chi connectivity index (χ4n) is 4.08. The summed E-state index contributed by atoms with van der Waals surface area (Å²) in [7, 11) is 0. The Bertz CT molecular complexity index is 674. The van der Waals surface area contributed by atoms with Crippen LogP contribution in [0.1, 0.15) is 19.3 Å². The molecule has 0 bridgehead atoms. The maximum Gasteiger partial charge on any atom is 0.229 e. The van der Waals surface area contributed by atoms with Gasteiger partial charge in [0.2, 0.25) is 17.6 Å². The van der Waals surface area contributed by atoms with E-state index in [0.29, 0.717) is 0 Å². The summed E-state index contributed by atoms with van der Waals surface area (Å²) < 4.78 is 0. The van der Waals surface area contributed by atoms with Crippen molar-refractivity contribution in [2.45, 2.75) is 42.8 Å². The molecular weight excluding hydrogens is 318 g/mol. The lowest BCUT2D eigenvalue weighted by molar-refractivity contribution is -0.221. The molecule has 0 radical (unpaired) electrons. The number of guanidine groups is 2. The zero-order chi connectivity index (χ0) is 17.3. The van der Waals surface area contributed by atoms with Gasteiger partial charge in [-0.2, -0.15) is 0 Å². The number of hydrogen-bond acceptors (Lipinski definition) is 10. The van der Waals surface area contributed by atoms with Gasteiger partial charge < -0.3 is 31.9 Å². The Balaban J connectivity index is 1.73. The van der Waals surface area contributed by atoms with Crippen LogP contribution in [0.25, 0.3) is 0 Å². The number of amides is 2. The van der Waals surface area contributed by atoms with Crippen LogP contribution in [0.2, 0.25) is 0 Å². The number of hydrogen-bond donors (Lipinski definition) is 5. The predicted octanol–water partition coefficient (Wildman–Crippen LogP) is -3.80. The SMILES string of the molecule is NC1=N[C@H]2[C@H](CN3C(=O)CCC3=O)N=C(N)N3CCC(O)(O)[C@]23N1. The molecule has 11 nitrogen and oxygen atoms in total. The third-order valence-electron chi connectivity index (χ3n) is 5.21. The molecule has 4 aliphatic heterocycles. The number of aliphatic imine (C=N–C) groups is 2. The lowest BCUT2D eigenvalue weighted by Gasteiger charge is -2.49. The Labute approximate surface area is 137 Å². The van der Waals surface area contributed by atoms with E-state index in [1.165, 1.54) is 4.90 Å². The van der Waals surface area contributed by atoms with Crippen molar-refractivity contribution in [3.63, 3.8) is 0 Å². The number of nitrogens with zero attached hydrogens (tertiary/aromatic N) is 4. The number of imide groups is 1. The van der Waals surface area contributed by atoms with Crippen LogP contribution in [0.15, 0.2) is 9.98 Å². The molecule has 0 aromatic heterocycles. The summed E-state index contributed by atoms with van der Waals surface area (Å²) >= 11 is 0. The van der Waals surface area contributed by atoms with Crippen LogP contribution in [-0.2, 0) is 9.59 Å². The van der Waals surface area contributed by atoms with Crippen molar-refractivity contribution in [1.29, 1.82) is 0 Å². The maximum atomic E-state index is 11.9. The zero-order valence-corrected chi connectivity index (χ0v) is 12.8. The van der Waals surface area contributed by atoms with Crippen LogP contribution in [-0.4, -0.2) is 80.4 Å². The van der Waals surface area contributed by atoms with Crippen LogP contribution >= 0.6 is 0 Å². The first-order chi connectivity index (χ1) is 11.3. The standard InChI is InChI=1S/C13H19N7O4/c14-10-17-9-6(5-19-7(21)1-2-8(19)22)16-11(15)20-4-3-12(23,24)13(9,20)18-10/h6,9,23-24H,1-5H2,(H2,15,16)(H3,14,17,18)/t6-,9-,13-/m0/s1. The quantitative estimate of drug-likeness (QED) is 0.252. The topological polar surface area (TPSA) is 170 Å². The van der Waals surface area contributed by atoms with Crippen LogP contribution < -0.4 is 16.8 Å². The van der Waals surface area contributed by atoms with Gasteiger partial charge in [0, 0.05) is 25.8 Å². The molecule has 130 valence electrons. The number of rotatable bonds is 2. The number of nitrogens with one attached hydrogen (secondary N) is 1. The molecule has 11 heteroatoms. The third-order valence-corrected chi connectivity index (χ3v) is 5.21. The van der Waals surface area contributed by atoms with E-state index >= 15 is 0 Å². The number of nitrogens with two attached hydrogens (primary N) is 2. The van der Waals surface area contributed by atoms with E-state index < -0.39 is 23.5 Å². The monoisotopic (exact) mass is 337 g/mol. The summed E-state index contributed by atoms with van der Waals surface area (Å²) in [5.41, 5.74) is 10.3. The molecule has 3 atom stereocenters. The molecule has 0 unspecified atom stereocenters. The van der Waals surface area contributed by atoms with Crippen molar-refractivity contribution in [3.05, 3.63) is 0 Å². The summed E-state index contributed by atoms with van der Waals surface area (Å²) in [6, 6.07) is -1.50. The van der Waals surface area contributed by atoms with Gasteiger partial charge in [-0.3, -0.25) is 14.5 Å². The van der Waals surface area contributed by atoms with Gasteiger partial charge in [0.15, 0.2) is 17.6 Å². The van der Waals surface area contributed by atoms with E-state index in [1.807, 2.05) is 0 Å². The Morgan fingerprint density at radius 3 is 2.54 bits per heavy atom. The molecule has 2 fully saturated rings. The molecule has 2 saturated heterocycles. The molecule has 4 rings (SSSR count). The first-order valence-corrected chi connectivity index (χ1v) is 7.76. The summed E-state index contributed by atoms with van der Waals surface area (Å²) in [6.45, 7) is 0.246. The minimum Gasteiger partial charge on any atom is -0.370 e.